The van der Waals surface area contributed by atoms with Gasteiger partial charge in [0.25, 0.3) is 0 Å². The highest BCUT2D eigenvalue weighted by atomic mass is 15.2. The third kappa shape index (κ3) is 2.26. The molecule has 1 unspecified atom stereocenters. The molecule has 0 amide bonds. The highest BCUT2D eigenvalue weighted by Gasteiger charge is 2.13. The van der Waals surface area contributed by atoms with Crippen LogP contribution in [0.15, 0.2) is 15.2 Å². The normalized spacial score (nSPS) is 25.2. The fraction of sp³-hybridized carbons (Fsp3) is 0.625. The van der Waals surface area contributed by atoms with Crippen molar-refractivity contribution < 1.29 is 0 Å². The Bertz CT molecular complexity index is 194. The van der Waals surface area contributed by atoms with E-state index in [0.717, 1.165) is 25.1 Å². The van der Waals surface area contributed by atoms with Crippen molar-refractivity contribution in [1.29, 1.82) is 0 Å². The van der Waals surface area contributed by atoms with Crippen molar-refractivity contribution in [2.24, 2.45) is 21.1 Å². The molecule has 3 nitrogen and oxygen atoms in total. The molecule has 0 aliphatic carbocycles. The van der Waals surface area contributed by atoms with E-state index in [0.29, 0.717) is 5.92 Å². The van der Waals surface area contributed by atoms with Crippen molar-refractivity contribution in [3.8, 4) is 0 Å². The first-order chi connectivity index (χ1) is 5.34. The van der Waals surface area contributed by atoms with E-state index in [-0.39, 0.29) is 0 Å². The topological polar surface area (TPSA) is 37.1 Å². The van der Waals surface area contributed by atoms with Gasteiger partial charge in [0.2, 0.25) is 0 Å². The number of rotatable bonds is 2. The first-order valence-electron chi connectivity index (χ1n) is 3.83. The number of aliphatic imine (C=N–C) groups is 1. The summed E-state index contributed by atoms with van der Waals surface area (Å²) in [5.41, 5.74) is 1.05. The summed E-state index contributed by atoms with van der Waals surface area (Å²) < 4.78 is 0. The summed E-state index contributed by atoms with van der Waals surface area (Å²) in [6.45, 7) is 6.17. The molecule has 1 atom stereocenters. The Morgan fingerprint density at radius 3 is 3.09 bits per heavy atom. The van der Waals surface area contributed by atoms with Crippen molar-refractivity contribution in [3.63, 3.8) is 0 Å². The van der Waals surface area contributed by atoms with Gasteiger partial charge in [0.15, 0.2) is 0 Å². The molecule has 0 bridgehead atoms. The summed E-state index contributed by atoms with van der Waals surface area (Å²) >= 11 is 0. The maximum atomic E-state index is 4.19. The minimum absolute atomic E-state index is 0.491. The fourth-order valence-electron chi connectivity index (χ4n) is 1.19. The van der Waals surface area contributed by atoms with Gasteiger partial charge in [0.05, 0.1) is 0 Å². The first kappa shape index (κ1) is 8.11. The Labute approximate surface area is 66.9 Å². The Morgan fingerprint density at radius 2 is 2.55 bits per heavy atom. The van der Waals surface area contributed by atoms with Crippen molar-refractivity contribution in [1.82, 2.24) is 0 Å². The maximum Gasteiger partial charge on any atom is 0.0466 e. The quantitative estimate of drug-likeness (QED) is 0.424. The molecule has 60 valence electrons. The van der Waals surface area contributed by atoms with Gasteiger partial charge in [-0.1, -0.05) is 0 Å². The van der Waals surface area contributed by atoms with Gasteiger partial charge in [-0.2, -0.15) is 10.2 Å². The molecular weight excluding hydrogens is 138 g/mol. The van der Waals surface area contributed by atoms with Gasteiger partial charge in [0, 0.05) is 24.9 Å². The van der Waals surface area contributed by atoms with Crippen LogP contribution in [0.2, 0.25) is 0 Å². The Morgan fingerprint density at radius 1 is 1.73 bits per heavy atom. The summed E-state index contributed by atoms with van der Waals surface area (Å²) in [6, 6.07) is 0. The van der Waals surface area contributed by atoms with E-state index < -0.39 is 0 Å². The smallest absolute Gasteiger partial charge is 0.0466 e. The molecule has 0 aromatic rings. The van der Waals surface area contributed by atoms with Crippen molar-refractivity contribution >= 4 is 18.6 Å². The van der Waals surface area contributed by atoms with Crippen molar-refractivity contribution in [3.05, 3.63) is 0 Å². The van der Waals surface area contributed by atoms with Gasteiger partial charge in [-0.3, -0.25) is 4.99 Å². The zero-order valence-electron chi connectivity index (χ0n) is 6.82. The SMILES string of the molecule is C=N/N=C(\C)C1CCC=NC1. The Balaban J connectivity index is 2.53. The second-order valence-electron chi connectivity index (χ2n) is 2.70. The second-order valence-corrected chi connectivity index (χ2v) is 2.70. The van der Waals surface area contributed by atoms with E-state index in [1.807, 2.05) is 13.1 Å². The number of hydrogen-bond donors (Lipinski definition) is 0. The van der Waals surface area contributed by atoms with Crippen molar-refractivity contribution in [2.75, 3.05) is 6.54 Å². The molecule has 11 heavy (non-hydrogen) atoms. The zero-order valence-corrected chi connectivity index (χ0v) is 6.82. The molecule has 0 spiro atoms. The predicted molar refractivity (Wildman–Crippen MR) is 48.7 cm³/mol. The lowest BCUT2D eigenvalue weighted by Crippen LogP contribution is -2.17. The van der Waals surface area contributed by atoms with E-state index in [4.69, 9.17) is 0 Å². The maximum absolute atomic E-state index is 4.19. The molecule has 1 aliphatic heterocycles. The zero-order chi connectivity index (χ0) is 8.10. The monoisotopic (exact) mass is 151 g/mol. The van der Waals surface area contributed by atoms with Gasteiger partial charge in [-0.25, -0.2) is 0 Å². The molecule has 0 N–H and O–H groups in total. The van der Waals surface area contributed by atoms with Crippen LogP contribution in [0.25, 0.3) is 0 Å². The van der Waals surface area contributed by atoms with Crippen LogP contribution in [0.3, 0.4) is 0 Å². The molecule has 0 aromatic heterocycles. The third-order valence-corrected chi connectivity index (χ3v) is 1.92. The van der Waals surface area contributed by atoms with Crippen LogP contribution in [0.4, 0.5) is 0 Å². The molecule has 3 heteroatoms. The average Bonchev–Trinajstić information content (AvgIpc) is 2.07. The van der Waals surface area contributed by atoms with Crippen LogP contribution in [-0.2, 0) is 0 Å². The van der Waals surface area contributed by atoms with Gasteiger partial charge in [-0.15, -0.1) is 0 Å². The lowest BCUT2D eigenvalue weighted by Gasteiger charge is -2.15. The highest BCUT2D eigenvalue weighted by Crippen LogP contribution is 2.12. The summed E-state index contributed by atoms with van der Waals surface area (Å²) in [4.78, 5) is 4.19. The van der Waals surface area contributed by atoms with Crippen LogP contribution in [0.1, 0.15) is 19.8 Å². The molecule has 0 fully saturated rings. The summed E-state index contributed by atoms with van der Waals surface area (Å²) in [6.07, 6.45) is 4.19. The number of nitrogens with zero attached hydrogens (tertiary/aromatic N) is 3. The van der Waals surface area contributed by atoms with Crippen LogP contribution in [0.5, 0.6) is 0 Å². The van der Waals surface area contributed by atoms with E-state index >= 15 is 0 Å². The highest BCUT2D eigenvalue weighted by molar-refractivity contribution is 5.85. The van der Waals surface area contributed by atoms with Gasteiger partial charge in [0.1, 0.15) is 0 Å². The summed E-state index contributed by atoms with van der Waals surface area (Å²) in [7, 11) is 0. The van der Waals surface area contributed by atoms with Crippen LogP contribution in [-0.4, -0.2) is 25.2 Å². The van der Waals surface area contributed by atoms with E-state index in [2.05, 4.69) is 21.9 Å². The largest absolute Gasteiger partial charge is 0.297 e. The van der Waals surface area contributed by atoms with E-state index in [1.54, 1.807) is 0 Å². The molecule has 0 radical (unpaired) electrons. The minimum Gasteiger partial charge on any atom is -0.297 e. The number of hydrogen-bond acceptors (Lipinski definition) is 3. The standard InChI is InChI=1S/C8H13N3/c1-7(11-9-2)8-4-3-5-10-6-8/h5,8H,2-4,6H2,1H3/b11-7+. The van der Waals surface area contributed by atoms with Gasteiger partial charge >= 0.3 is 0 Å². The Hall–Kier alpha value is -0.990. The first-order valence-corrected chi connectivity index (χ1v) is 3.83. The summed E-state index contributed by atoms with van der Waals surface area (Å²) in [5, 5.41) is 7.40. The third-order valence-electron chi connectivity index (χ3n) is 1.92. The predicted octanol–water partition coefficient (Wildman–Crippen LogP) is 1.54. The second kappa shape index (κ2) is 4.01. The molecule has 0 aromatic carbocycles. The molecule has 1 aliphatic rings. The lowest BCUT2D eigenvalue weighted by atomic mass is 9.97. The van der Waals surface area contributed by atoms with Gasteiger partial charge in [-0.05, 0) is 26.0 Å². The van der Waals surface area contributed by atoms with Crippen molar-refractivity contribution in [2.45, 2.75) is 19.8 Å². The van der Waals surface area contributed by atoms with Gasteiger partial charge < -0.3 is 0 Å². The molecule has 1 rings (SSSR count). The lowest BCUT2D eigenvalue weighted by molar-refractivity contribution is 0.630. The molecule has 0 saturated carbocycles. The fourth-order valence-corrected chi connectivity index (χ4v) is 1.19. The van der Waals surface area contributed by atoms with Crippen LogP contribution < -0.4 is 0 Å². The van der Waals surface area contributed by atoms with E-state index in [9.17, 15) is 0 Å². The molecular formula is C8H13N3. The average molecular weight is 151 g/mol. The minimum atomic E-state index is 0.491. The van der Waals surface area contributed by atoms with E-state index in [1.165, 1.54) is 0 Å². The van der Waals surface area contributed by atoms with Crippen LogP contribution in [0, 0.1) is 5.92 Å². The summed E-state index contributed by atoms with van der Waals surface area (Å²) in [5.74, 6) is 0.491. The van der Waals surface area contributed by atoms with Crippen LogP contribution >= 0.6 is 0 Å². The Kier molecular flexibility index (Phi) is 2.95. The molecule has 1 heterocycles. The molecule has 0 saturated heterocycles.